The van der Waals surface area contributed by atoms with Gasteiger partial charge in [0.25, 0.3) is 0 Å². The first-order chi connectivity index (χ1) is 7.82. The fourth-order valence-corrected chi connectivity index (χ4v) is 1.81. The first-order valence-electron chi connectivity index (χ1n) is 7.23. The highest BCUT2D eigenvalue weighted by Crippen LogP contribution is 2.27. The summed E-state index contributed by atoms with van der Waals surface area (Å²) in [6.45, 7) is 15.0. The molecule has 0 aliphatic heterocycles. The van der Waals surface area contributed by atoms with Gasteiger partial charge in [0.05, 0.1) is 0 Å². The lowest BCUT2D eigenvalue weighted by Crippen LogP contribution is -2.23. The Bertz CT molecular complexity index is 151. The standard InChI is InChI=1S/C9H22N2.C6H14/c1-8(7-11)6-9(2,3)4-5-10;1-4-6(3)5-2/h8H,4-7,10-11H2,1-3H3;6H,4-5H2,1-3H3. The molecular formula is C15H36N2. The van der Waals surface area contributed by atoms with Crippen molar-refractivity contribution in [3.8, 4) is 0 Å². The molecule has 106 valence electrons. The van der Waals surface area contributed by atoms with Crippen molar-refractivity contribution in [2.24, 2.45) is 28.7 Å². The van der Waals surface area contributed by atoms with Crippen LogP contribution in [0.4, 0.5) is 0 Å². The van der Waals surface area contributed by atoms with E-state index in [1.807, 2.05) is 0 Å². The van der Waals surface area contributed by atoms with Crippen molar-refractivity contribution in [3.63, 3.8) is 0 Å². The summed E-state index contributed by atoms with van der Waals surface area (Å²) in [4.78, 5) is 0. The molecule has 0 saturated heterocycles. The third-order valence-corrected chi connectivity index (χ3v) is 3.52. The van der Waals surface area contributed by atoms with Crippen LogP contribution in [0.3, 0.4) is 0 Å². The first-order valence-corrected chi connectivity index (χ1v) is 7.23. The zero-order valence-corrected chi connectivity index (χ0v) is 13.1. The van der Waals surface area contributed by atoms with Crippen molar-refractivity contribution < 1.29 is 0 Å². The van der Waals surface area contributed by atoms with Gasteiger partial charge in [0.1, 0.15) is 0 Å². The summed E-state index contributed by atoms with van der Waals surface area (Å²) < 4.78 is 0. The normalized spacial score (nSPS) is 13.2. The van der Waals surface area contributed by atoms with Crippen molar-refractivity contribution in [3.05, 3.63) is 0 Å². The summed E-state index contributed by atoms with van der Waals surface area (Å²) in [6, 6.07) is 0. The third-order valence-electron chi connectivity index (χ3n) is 3.52. The maximum Gasteiger partial charge on any atom is -0.00513 e. The van der Waals surface area contributed by atoms with Crippen LogP contribution in [0.5, 0.6) is 0 Å². The highest BCUT2D eigenvalue weighted by molar-refractivity contribution is 4.72. The minimum absolute atomic E-state index is 0.369. The molecule has 4 N–H and O–H groups in total. The van der Waals surface area contributed by atoms with E-state index < -0.39 is 0 Å². The predicted octanol–water partition coefficient (Wildman–Crippen LogP) is 3.79. The molecule has 0 radical (unpaired) electrons. The lowest BCUT2D eigenvalue weighted by atomic mass is 9.81. The van der Waals surface area contributed by atoms with Gasteiger partial charge in [-0.3, -0.25) is 0 Å². The summed E-state index contributed by atoms with van der Waals surface area (Å²) >= 11 is 0. The Morgan fingerprint density at radius 3 is 1.65 bits per heavy atom. The SMILES string of the molecule is CC(CN)CC(C)(C)CCN.CCC(C)CC. The Morgan fingerprint density at radius 1 is 0.941 bits per heavy atom. The molecule has 1 atom stereocenters. The van der Waals surface area contributed by atoms with Crippen LogP contribution in [-0.2, 0) is 0 Å². The van der Waals surface area contributed by atoms with Crippen molar-refractivity contribution in [2.45, 2.75) is 67.2 Å². The van der Waals surface area contributed by atoms with E-state index in [1.54, 1.807) is 0 Å². The summed E-state index contributed by atoms with van der Waals surface area (Å²) in [7, 11) is 0. The summed E-state index contributed by atoms with van der Waals surface area (Å²) in [5.74, 6) is 1.56. The van der Waals surface area contributed by atoms with E-state index in [0.29, 0.717) is 11.3 Å². The summed E-state index contributed by atoms with van der Waals surface area (Å²) in [6.07, 6.45) is 4.94. The summed E-state index contributed by atoms with van der Waals surface area (Å²) in [5, 5.41) is 0. The molecule has 0 amide bonds. The number of nitrogens with two attached hydrogens (primary N) is 2. The zero-order valence-electron chi connectivity index (χ0n) is 13.1. The second kappa shape index (κ2) is 11.0. The topological polar surface area (TPSA) is 52.0 Å². The maximum absolute atomic E-state index is 5.54. The maximum atomic E-state index is 5.54. The first kappa shape index (κ1) is 19.3. The number of hydrogen-bond donors (Lipinski definition) is 2. The van der Waals surface area contributed by atoms with E-state index in [2.05, 4.69) is 41.5 Å². The molecule has 0 bridgehead atoms. The van der Waals surface area contributed by atoms with Gasteiger partial charge in [-0.05, 0) is 43.2 Å². The highest BCUT2D eigenvalue weighted by Gasteiger charge is 2.19. The van der Waals surface area contributed by atoms with Crippen LogP contribution in [0.15, 0.2) is 0 Å². The fourth-order valence-electron chi connectivity index (χ4n) is 1.81. The third kappa shape index (κ3) is 13.9. The summed E-state index contributed by atoms with van der Waals surface area (Å²) in [5.41, 5.74) is 11.4. The van der Waals surface area contributed by atoms with Crippen LogP contribution >= 0.6 is 0 Å². The van der Waals surface area contributed by atoms with Crippen LogP contribution in [-0.4, -0.2) is 13.1 Å². The minimum Gasteiger partial charge on any atom is -0.330 e. The fraction of sp³-hybridized carbons (Fsp3) is 1.00. The molecule has 0 heterocycles. The smallest absolute Gasteiger partial charge is 0.00513 e. The zero-order chi connectivity index (χ0) is 13.9. The van der Waals surface area contributed by atoms with Gasteiger partial charge < -0.3 is 11.5 Å². The van der Waals surface area contributed by atoms with Gasteiger partial charge in [0.15, 0.2) is 0 Å². The van der Waals surface area contributed by atoms with E-state index >= 15 is 0 Å². The molecule has 2 heteroatoms. The van der Waals surface area contributed by atoms with E-state index in [9.17, 15) is 0 Å². The van der Waals surface area contributed by atoms with Gasteiger partial charge in [0.2, 0.25) is 0 Å². The molecule has 0 rings (SSSR count). The number of rotatable bonds is 7. The molecular weight excluding hydrogens is 208 g/mol. The Labute approximate surface area is 110 Å². The lowest BCUT2D eigenvalue weighted by Gasteiger charge is -2.26. The van der Waals surface area contributed by atoms with Crippen LogP contribution in [0.1, 0.15) is 67.2 Å². The highest BCUT2D eigenvalue weighted by atomic mass is 14.6. The Hall–Kier alpha value is -0.0800. The Morgan fingerprint density at radius 2 is 1.41 bits per heavy atom. The van der Waals surface area contributed by atoms with Crippen LogP contribution in [0, 0.1) is 17.3 Å². The molecule has 0 saturated carbocycles. The van der Waals surface area contributed by atoms with Gasteiger partial charge in [-0.1, -0.05) is 54.4 Å². The second-order valence-corrected chi connectivity index (χ2v) is 6.17. The predicted molar refractivity (Wildman–Crippen MR) is 80.0 cm³/mol. The van der Waals surface area contributed by atoms with Gasteiger partial charge in [-0.15, -0.1) is 0 Å². The van der Waals surface area contributed by atoms with Crippen LogP contribution < -0.4 is 11.5 Å². The largest absolute Gasteiger partial charge is 0.330 e. The molecule has 17 heavy (non-hydrogen) atoms. The lowest BCUT2D eigenvalue weighted by molar-refractivity contribution is 0.264. The molecule has 0 fully saturated rings. The van der Waals surface area contributed by atoms with E-state index in [0.717, 1.165) is 25.4 Å². The monoisotopic (exact) mass is 244 g/mol. The van der Waals surface area contributed by atoms with E-state index in [1.165, 1.54) is 19.3 Å². The van der Waals surface area contributed by atoms with E-state index in [-0.39, 0.29) is 0 Å². The number of hydrogen-bond acceptors (Lipinski definition) is 2. The van der Waals surface area contributed by atoms with Crippen molar-refractivity contribution >= 4 is 0 Å². The van der Waals surface area contributed by atoms with Crippen molar-refractivity contribution in [1.82, 2.24) is 0 Å². The Balaban J connectivity index is 0. The molecule has 0 aromatic carbocycles. The molecule has 0 aliphatic rings. The van der Waals surface area contributed by atoms with Gasteiger partial charge in [-0.2, -0.15) is 0 Å². The van der Waals surface area contributed by atoms with Crippen LogP contribution in [0.2, 0.25) is 0 Å². The molecule has 2 nitrogen and oxygen atoms in total. The van der Waals surface area contributed by atoms with Gasteiger partial charge in [0, 0.05) is 0 Å². The molecule has 0 aromatic heterocycles. The molecule has 0 aromatic rings. The van der Waals surface area contributed by atoms with E-state index in [4.69, 9.17) is 11.5 Å². The average Bonchev–Trinajstić information content (AvgIpc) is 2.27. The minimum atomic E-state index is 0.369. The second-order valence-electron chi connectivity index (χ2n) is 6.17. The van der Waals surface area contributed by atoms with Gasteiger partial charge >= 0.3 is 0 Å². The molecule has 0 spiro atoms. The molecule has 1 unspecified atom stereocenters. The molecule has 0 aliphatic carbocycles. The van der Waals surface area contributed by atoms with Crippen molar-refractivity contribution in [2.75, 3.05) is 13.1 Å². The quantitative estimate of drug-likeness (QED) is 0.716. The van der Waals surface area contributed by atoms with Crippen molar-refractivity contribution in [1.29, 1.82) is 0 Å². The van der Waals surface area contributed by atoms with Crippen LogP contribution in [0.25, 0.3) is 0 Å². The Kier molecular flexibility index (Phi) is 12.5. The van der Waals surface area contributed by atoms with Gasteiger partial charge in [-0.25, -0.2) is 0 Å². The average molecular weight is 244 g/mol.